The summed E-state index contributed by atoms with van der Waals surface area (Å²) >= 11 is 1.31. The summed E-state index contributed by atoms with van der Waals surface area (Å²) in [5.74, 6) is 2.54. The molecule has 1 amide bonds. The molecule has 174 valence electrons. The SMILES string of the molecule is C=CCn1c(SCC(=O)Nc2ccccc2OC)nnc1C(C)Oc1ccc(C(C)C)cc1. The van der Waals surface area contributed by atoms with Gasteiger partial charge in [-0.1, -0.05) is 56.0 Å². The minimum Gasteiger partial charge on any atom is -0.495 e. The van der Waals surface area contributed by atoms with Gasteiger partial charge in [0.15, 0.2) is 17.1 Å². The number of methoxy groups -OCH3 is 1. The monoisotopic (exact) mass is 466 g/mol. The Labute approximate surface area is 199 Å². The van der Waals surface area contributed by atoms with Gasteiger partial charge in [-0.3, -0.25) is 9.36 Å². The predicted molar refractivity (Wildman–Crippen MR) is 132 cm³/mol. The molecule has 0 aliphatic rings. The van der Waals surface area contributed by atoms with Crippen LogP contribution in [0.4, 0.5) is 5.69 Å². The van der Waals surface area contributed by atoms with Crippen molar-refractivity contribution < 1.29 is 14.3 Å². The largest absolute Gasteiger partial charge is 0.495 e. The smallest absolute Gasteiger partial charge is 0.234 e. The second-order valence-electron chi connectivity index (χ2n) is 7.76. The lowest BCUT2D eigenvalue weighted by Gasteiger charge is -2.16. The van der Waals surface area contributed by atoms with Gasteiger partial charge >= 0.3 is 0 Å². The average Bonchev–Trinajstić information content (AvgIpc) is 3.21. The summed E-state index contributed by atoms with van der Waals surface area (Å²) in [4.78, 5) is 12.5. The molecule has 0 radical (unpaired) electrons. The van der Waals surface area contributed by atoms with Gasteiger partial charge in [-0.15, -0.1) is 16.8 Å². The van der Waals surface area contributed by atoms with Gasteiger partial charge in [-0.05, 0) is 42.7 Å². The van der Waals surface area contributed by atoms with Crippen LogP contribution in [0.1, 0.15) is 44.2 Å². The summed E-state index contributed by atoms with van der Waals surface area (Å²) in [5.41, 5.74) is 1.89. The van der Waals surface area contributed by atoms with E-state index in [-0.39, 0.29) is 17.8 Å². The molecule has 2 aromatic carbocycles. The van der Waals surface area contributed by atoms with Crippen LogP contribution in [0.5, 0.6) is 11.5 Å². The quantitative estimate of drug-likeness (QED) is 0.298. The standard InChI is InChI=1S/C25H30N4O3S/c1-6-15-29-24(18(4)32-20-13-11-19(12-14-20)17(2)3)27-28-25(29)33-16-23(30)26-21-9-7-8-10-22(21)31-5/h6-14,17-18H,1,15-16H2,2-5H3,(H,26,30). The molecule has 0 spiro atoms. The fraction of sp³-hybridized carbons (Fsp3) is 0.320. The van der Waals surface area contributed by atoms with E-state index in [1.807, 2.05) is 35.8 Å². The minimum absolute atomic E-state index is 0.159. The Morgan fingerprint density at radius 1 is 1.15 bits per heavy atom. The van der Waals surface area contributed by atoms with E-state index in [9.17, 15) is 4.79 Å². The summed E-state index contributed by atoms with van der Waals surface area (Å²) in [6.45, 7) is 10.6. The summed E-state index contributed by atoms with van der Waals surface area (Å²) in [6.07, 6.45) is 1.45. The first-order valence-electron chi connectivity index (χ1n) is 10.8. The number of carbonyl (C=O) groups is 1. The highest BCUT2D eigenvalue weighted by Crippen LogP contribution is 2.27. The van der Waals surface area contributed by atoms with E-state index >= 15 is 0 Å². The van der Waals surface area contributed by atoms with Gasteiger partial charge in [0.1, 0.15) is 11.5 Å². The average molecular weight is 467 g/mol. The number of hydrogen-bond acceptors (Lipinski definition) is 6. The number of thioether (sulfide) groups is 1. The Morgan fingerprint density at radius 3 is 2.55 bits per heavy atom. The zero-order chi connectivity index (χ0) is 23.8. The molecule has 1 heterocycles. The van der Waals surface area contributed by atoms with Gasteiger partial charge in [0.25, 0.3) is 0 Å². The summed E-state index contributed by atoms with van der Waals surface area (Å²) in [5, 5.41) is 12.1. The highest BCUT2D eigenvalue weighted by molar-refractivity contribution is 7.99. The highest BCUT2D eigenvalue weighted by Gasteiger charge is 2.20. The van der Waals surface area contributed by atoms with Crippen LogP contribution < -0.4 is 14.8 Å². The zero-order valence-electron chi connectivity index (χ0n) is 19.4. The molecule has 3 rings (SSSR count). The van der Waals surface area contributed by atoms with E-state index in [2.05, 4.69) is 48.1 Å². The van der Waals surface area contributed by atoms with Crippen LogP contribution in [-0.4, -0.2) is 33.5 Å². The van der Waals surface area contributed by atoms with Crippen molar-refractivity contribution in [3.63, 3.8) is 0 Å². The number of benzene rings is 2. The van der Waals surface area contributed by atoms with Crippen LogP contribution >= 0.6 is 11.8 Å². The third-order valence-corrected chi connectivity index (χ3v) is 5.96. The number of nitrogens with one attached hydrogen (secondary N) is 1. The van der Waals surface area contributed by atoms with E-state index in [1.165, 1.54) is 17.3 Å². The van der Waals surface area contributed by atoms with Crippen molar-refractivity contribution >= 4 is 23.4 Å². The van der Waals surface area contributed by atoms with Gasteiger partial charge in [0.05, 0.1) is 18.6 Å². The second-order valence-corrected chi connectivity index (χ2v) is 8.70. The van der Waals surface area contributed by atoms with Crippen molar-refractivity contribution in [1.29, 1.82) is 0 Å². The maximum atomic E-state index is 12.5. The Bertz CT molecular complexity index is 1080. The van der Waals surface area contributed by atoms with Gasteiger partial charge in [0, 0.05) is 6.54 Å². The molecule has 1 N–H and O–H groups in total. The van der Waals surface area contributed by atoms with E-state index < -0.39 is 0 Å². The summed E-state index contributed by atoms with van der Waals surface area (Å²) in [7, 11) is 1.57. The normalized spacial score (nSPS) is 11.8. The molecule has 0 fully saturated rings. The third kappa shape index (κ3) is 6.38. The van der Waals surface area contributed by atoms with Crippen LogP contribution in [0.2, 0.25) is 0 Å². The number of rotatable bonds is 11. The van der Waals surface area contributed by atoms with Gasteiger partial charge < -0.3 is 14.8 Å². The zero-order valence-corrected chi connectivity index (χ0v) is 20.3. The Balaban J connectivity index is 1.66. The van der Waals surface area contributed by atoms with Gasteiger partial charge in [0.2, 0.25) is 5.91 Å². The molecule has 33 heavy (non-hydrogen) atoms. The molecule has 0 saturated carbocycles. The van der Waals surface area contributed by atoms with Crippen molar-refractivity contribution in [3.8, 4) is 11.5 Å². The molecule has 0 aliphatic heterocycles. The van der Waals surface area contributed by atoms with Crippen LogP contribution in [-0.2, 0) is 11.3 Å². The fourth-order valence-corrected chi connectivity index (χ4v) is 4.02. The first-order valence-corrected chi connectivity index (χ1v) is 11.8. The molecule has 0 saturated heterocycles. The maximum absolute atomic E-state index is 12.5. The number of allylic oxidation sites excluding steroid dienone is 1. The molecule has 0 aliphatic carbocycles. The number of anilines is 1. The molecule has 8 heteroatoms. The first-order chi connectivity index (χ1) is 15.9. The number of ether oxygens (including phenoxy) is 2. The molecule has 1 unspecified atom stereocenters. The molecule has 0 bridgehead atoms. The predicted octanol–water partition coefficient (Wildman–Crippen LogP) is 5.47. The van der Waals surface area contributed by atoms with Crippen LogP contribution in [0.25, 0.3) is 0 Å². The summed E-state index contributed by atoms with van der Waals surface area (Å²) in [6, 6.07) is 15.4. The van der Waals surface area contributed by atoms with Gasteiger partial charge in [-0.2, -0.15) is 0 Å². The summed E-state index contributed by atoms with van der Waals surface area (Å²) < 4.78 is 13.3. The lowest BCUT2D eigenvalue weighted by Crippen LogP contribution is -2.16. The Morgan fingerprint density at radius 2 is 1.88 bits per heavy atom. The van der Waals surface area contributed by atoms with Crippen molar-refractivity contribution in [3.05, 3.63) is 72.6 Å². The van der Waals surface area contributed by atoms with Crippen molar-refractivity contribution in [1.82, 2.24) is 14.8 Å². The van der Waals surface area contributed by atoms with Crippen LogP contribution in [0.15, 0.2) is 66.3 Å². The number of aromatic nitrogens is 3. The Hall–Kier alpha value is -3.26. The minimum atomic E-state index is -0.320. The van der Waals surface area contributed by atoms with Gasteiger partial charge in [-0.25, -0.2) is 0 Å². The number of carbonyl (C=O) groups excluding carboxylic acids is 1. The first kappa shape index (κ1) is 24.4. The molecular weight excluding hydrogens is 436 g/mol. The highest BCUT2D eigenvalue weighted by atomic mass is 32.2. The fourth-order valence-electron chi connectivity index (χ4n) is 3.26. The number of amides is 1. The Kier molecular flexibility index (Phi) is 8.54. The topological polar surface area (TPSA) is 78.3 Å². The second kappa shape index (κ2) is 11.6. The molecular formula is C25H30N4O3S. The van der Waals surface area contributed by atoms with E-state index in [0.29, 0.717) is 34.9 Å². The molecule has 1 atom stereocenters. The number of hydrogen-bond donors (Lipinski definition) is 1. The lowest BCUT2D eigenvalue weighted by atomic mass is 10.0. The van der Waals surface area contributed by atoms with E-state index in [0.717, 1.165) is 5.75 Å². The van der Waals surface area contributed by atoms with Crippen LogP contribution in [0, 0.1) is 0 Å². The van der Waals surface area contributed by atoms with E-state index in [1.54, 1.807) is 25.3 Å². The molecule has 3 aromatic rings. The number of nitrogens with zero attached hydrogens (tertiary/aromatic N) is 3. The van der Waals surface area contributed by atoms with Crippen molar-refractivity contribution in [2.75, 3.05) is 18.2 Å². The molecule has 7 nitrogen and oxygen atoms in total. The lowest BCUT2D eigenvalue weighted by molar-refractivity contribution is -0.113. The van der Waals surface area contributed by atoms with Crippen molar-refractivity contribution in [2.45, 2.75) is 44.5 Å². The number of para-hydroxylation sites is 2. The van der Waals surface area contributed by atoms with Crippen LogP contribution in [0.3, 0.4) is 0 Å². The maximum Gasteiger partial charge on any atom is 0.234 e. The van der Waals surface area contributed by atoms with E-state index in [4.69, 9.17) is 9.47 Å². The molecule has 1 aromatic heterocycles. The third-order valence-electron chi connectivity index (χ3n) is 4.99. The van der Waals surface area contributed by atoms with Crippen molar-refractivity contribution in [2.24, 2.45) is 0 Å².